The van der Waals surface area contributed by atoms with Crippen LogP contribution in [-0.4, -0.2) is 22.2 Å². The van der Waals surface area contributed by atoms with E-state index in [0.29, 0.717) is 16.3 Å². The van der Waals surface area contributed by atoms with E-state index in [1.165, 1.54) is 6.07 Å². The monoisotopic (exact) mass is 316 g/mol. The molecule has 0 saturated carbocycles. The molecule has 4 nitrogen and oxygen atoms in total. The van der Waals surface area contributed by atoms with Crippen molar-refractivity contribution < 1.29 is 19.8 Å². The molecular formula is C20H12O4. The molecule has 0 saturated heterocycles. The lowest BCUT2D eigenvalue weighted by atomic mass is 9.94. The molecule has 4 heteroatoms. The lowest BCUT2D eigenvalue weighted by Crippen LogP contribution is -2.09. The highest BCUT2D eigenvalue weighted by Crippen LogP contribution is 2.26. The molecule has 0 aliphatic heterocycles. The summed E-state index contributed by atoms with van der Waals surface area (Å²) in [4.78, 5) is 23.0. The van der Waals surface area contributed by atoms with Crippen molar-refractivity contribution in [3.8, 4) is 11.8 Å². The average Bonchev–Trinajstić information content (AvgIpc) is 2.59. The van der Waals surface area contributed by atoms with Gasteiger partial charge in [0.25, 0.3) is 0 Å². The predicted molar refractivity (Wildman–Crippen MR) is 90.3 cm³/mol. The van der Waals surface area contributed by atoms with E-state index in [2.05, 4.69) is 11.8 Å². The zero-order chi connectivity index (χ0) is 17.1. The molecular weight excluding hydrogens is 304 g/mol. The minimum Gasteiger partial charge on any atom is -0.478 e. The summed E-state index contributed by atoms with van der Waals surface area (Å²) in [5.41, 5.74) is 0.791. The van der Waals surface area contributed by atoms with Gasteiger partial charge in [-0.15, -0.1) is 0 Å². The highest BCUT2D eigenvalue weighted by atomic mass is 16.4. The van der Waals surface area contributed by atoms with Crippen LogP contribution >= 0.6 is 0 Å². The normalized spacial score (nSPS) is 10.0. The third-order valence-electron chi connectivity index (χ3n) is 3.60. The summed E-state index contributed by atoms with van der Waals surface area (Å²) in [5, 5.41) is 19.8. The number of hydrogen-bond acceptors (Lipinski definition) is 2. The SMILES string of the molecule is O=C(O)c1cc(C#Cc2ccccc2)c2ccccc2c1C(=O)O. The molecule has 0 amide bonds. The maximum Gasteiger partial charge on any atom is 0.337 e. The number of benzene rings is 3. The number of aromatic carboxylic acids is 2. The maximum absolute atomic E-state index is 11.5. The number of rotatable bonds is 2. The molecule has 0 atom stereocenters. The molecule has 0 bridgehead atoms. The van der Waals surface area contributed by atoms with Gasteiger partial charge >= 0.3 is 11.9 Å². The second kappa shape index (κ2) is 6.27. The summed E-state index contributed by atoms with van der Waals surface area (Å²) in [7, 11) is 0. The summed E-state index contributed by atoms with van der Waals surface area (Å²) in [5.74, 6) is 3.37. The number of fused-ring (bicyclic) bond motifs is 1. The largest absolute Gasteiger partial charge is 0.478 e. The summed E-state index contributed by atoms with van der Waals surface area (Å²) >= 11 is 0. The molecule has 3 aromatic carbocycles. The van der Waals surface area contributed by atoms with Crippen molar-refractivity contribution in [2.45, 2.75) is 0 Å². The molecule has 0 heterocycles. The van der Waals surface area contributed by atoms with E-state index in [1.807, 2.05) is 30.3 Å². The van der Waals surface area contributed by atoms with E-state index >= 15 is 0 Å². The van der Waals surface area contributed by atoms with Gasteiger partial charge in [0.2, 0.25) is 0 Å². The quantitative estimate of drug-likeness (QED) is 0.708. The Morgan fingerprint density at radius 1 is 0.750 bits per heavy atom. The Balaban J connectivity index is 2.30. The van der Waals surface area contributed by atoms with Gasteiger partial charge in [0.15, 0.2) is 0 Å². The highest BCUT2D eigenvalue weighted by molar-refractivity contribution is 6.13. The number of carboxylic acids is 2. The molecule has 24 heavy (non-hydrogen) atoms. The highest BCUT2D eigenvalue weighted by Gasteiger charge is 2.21. The standard InChI is InChI=1S/C20H12O4/c21-19(22)17-12-14(11-10-13-6-2-1-3-7-13)15-8-4-5-9-16(15)18(17)20(23)24/h1-9,12H,(H,21,22)(H,23,24). The summed E-state index contributed by atoms with van der Waals surface area (Å²) in [6, 6.07) is 17.4. The number of carbonyl (C=O) groups is 2. The van der Waals surface area contributed by atoms with E-state index in [0.717, 1.165) is 5.56 Å². The first kappa shape index (κ1) is 15.3. The van der Waals surface area contributed by atoms with Gasteiger partial charge in [-0.1, -0.05) is 54.3 Å². The van der Waals surface area contributed by atoms with E-state index < -0.39 is 11.9 Å². The lowest BCUT2D eigenvalue weighted by Gasteiger charge is -2.09. The fourth-order valence-electron chi connectivity index (χ4n) is 2.54. The van der Waals surface area contributed by atoms with Crippen LogP contribution in [0.3, 0.4) is 0 Å². The van der Waals surface area contributed by atoms with Gasteiger partial charge < -0.3 is 10.2 Å². The van der Waals surface area contributed by atoms with Crippen molar-refractivity contribution in [3.05, 3.63) is 82.9 Å². The van der Waals surface area contributed by atoms with E-state index in [9.17, 15) is 19.8 Å². The van der Waals surface area contributed by atoms with Crippen LogP contribution in [0.1, 0.15) is 31.8 Å². The second-order valence-corrected chi connectivity index (χ2v) is 5.12. The van der Waals surface area contributed by atoms with Gasteiger partial charge in [0.05, 0.1) is 11.1 Å². The maximum atomic E-state index is 11.5. The molecule has 0 unspecified atom stereocenters. The van der Waals surface area contributed by atoms with Crippen LogP contribution in [0.25, 0.3) is 10.8 Å². The minimum absolute atomic E-state index is 0.219. The Morgan fingerprint density at radius 2 is 1.38 bits per heavy atom. The van der Waals surface area contributed by atoms with Crippen LogP contribution in [0, 0.1) is 11.8 Å². The predicted octanol–water partition coefficient (Wildman–Crippen LogP) is 3.64. The van der Waals surface area contributed by atoms with E-state index in [-0.39, 0.29) is 11.1 Å². The molecule has 0 fully saturated rings. The van der Waals surface area contributed by atoms with Crippen molar-refractivity contribution in [3.63, 3.8) is 0 Å². The molecule has 3 aromatic rings. The lowest BCUT2D eigenvalue weighted by molar-refractivity contribution is 0.0653. The third-order valence-corrected chi connectivity index (χ3v) is 3.60. The van der Waals surface area contributed by atoms with Gasteiger partial charge in [0.1, 0.15) is 0 Å². The first-order valence-electron chi connectivity index (χ1n) is 7.17. The molecule has 0 radical (unpaired) electrons. The second-order valence-electron chi connectivity index (χ2n) is 5.12. The van der Waals surface area contributed by atoms with Crippen LogP contribution in [0.5, 0.6) is 0 Å². The fraction of sp³-hybridized carbons (Fsp3) is 0. The van der Waals surface area contributed by atoms with Crippen LogP contribution in [0.2, 0.25) is 0 Å². The van der Waals surface area contributed by atoms with Crippen LogP contribution in [-0.2, 0) is 0 Å². The van der Waals surface area contributed by atoms with Gasteiger partial charge in [-0.05, 0) is 29.0 Å². The van der Waals surface area contributed by atoms with Crippen LogP contribution in [0.15, 0.2) is 60.7 Å². The molecule has 3 rings (SSSR count). The Hall–Kier alpha value is -3.58. The minimum atomic E-state index is -1.29. The van der Waals surface area contributed by atoms with Gasteiger partial charge in [0, 0.05) is 11.1 Å². The smallest absolute Gasteiger partial charge is 0.337 e. The van der Waals surface area contributed by atoms with Crippen LogP contribution < -0.4 is 0 Å². The van der Waals surface area contributed by atoms with Crippen LogP contribution in [0.4, 0.5) is 0 Å². The van der Waals surface area contributed by atoms with Crippen molar-refractivity contribution in [2.24, 2.45) is 0 Å². The van der Waals surface area contributed by atoms with Gasteiger partial charge in [-0.3, -0.25) is 0 Å². The number of carboxylic acid groups (broad SMARTS) is 2. The summed E-state index contributed by atoms with van der Waals surface area (Å²) in [6.45, 7) is 0. The Labute approximate surface area is 138 Å². The zero-order valence-corrected chi connectivity index (χ0v) is 12.5. The molecule has 116 valence electrons. The molecule has 0 aliphatic rings. The fourth-order valence-corrected chi connectivity index (χ4v) is 2.54. The third kappa shape index (κ3) is 2.83. The summed E-state index contributed by atoms with van der Waals surface area (Å²) in [6.07, 6.45) is 0. The van der Waals surface area contributed by atoms with E-state index in [1.54, 1.807) is 24.3 Å². The molecule has 2 N–H and O–H groups in total. The number of hydrogen-bond donors (Lipinski definition) is 2. The first-order chi connectivity index (χ1) is 11.6. The molecule has 0 spiro atoms. The zero-order valence-electron chi connectivity index (χ0n) is 12.5. The molecule has 0 aromatic heterocycles. The van der Waals surface area contributed by atoms with E-state index in [4.69, 9.17) is 0 Å². The van der Waals surface area contributed by atoms with Crippen molar-refractivity contribution in [1.82, 2.24) is 0 Å². The van der Waals surface area contributed by atoms with Gasteiger partial charge in [-0.2, -0.15) is 0 Å². The first-order valence-corrected chi connectivity index (χ1v) is 7.17. The average molecular weight is 316 g/mol. The van der Waals surface area contributed by atoms with Gasteiger partial charge in [-0.25, -0.2) is 9.59 Å². The van der Waals surface area contributed by atoms with Crippen molar-refractivity contribution in [2.75, 3.05) is 0 Å². The molecule has 0 aliphatic carbocycles. The van der Waals surface area contributed by atoms with Crippen molar-refractivity contribution >= 4 is 22.7 Å². The topological polar surface area (TPSA) is 74.6 Å². The Bertz CT molecular complexity index is 1010. The summed E-state index contributed by atoms with van der Waals surface area (Å²) < 4.78 is 0. The van der Waals surface area contributed by atoms with Crippen molar-refractivity contribution in [1.29, 1.82) is 0 Å². The Morgan fingerprint density at radius 3 is 2.00 bits per heavy atom. The Kier molecular flexibility index (Phi) is 4.00.